The Hall–Kier alpha value is -2.18. The number of rotatable bonds is 1. The summed E-state index contributed by atoms with van der Waals surface area (Å²) in [5.41, 5.74) is 0.180. The number of nitrogens with zero attached hydrogens (tertiary/aromatic N) is 2. The van der Waals surface area contributed by atoms with Crippen molar-refractivity contribution >= 4 is 17.8 Å². The van der Waals surface area contributed by atoms with Crippen LogP contribution in [0.3, 0.4) is 0 Å². The Morgan fingerprint density at radius 1 is 1.53 bits per heavy atom. The molecule has 1 aliphatic heterocycles. The van der Waals surface area contributed by atoms with Gasteiger partial charge in [0.05, 0.1) is 0 Å². The minimum Gasteiger partial charge on any atom is -0.444 e. The van der Waals surface area contributed by atoms with E-state index < -0.39 is 17.7 Å². The number of aromatic nitrogens is 2. The summed E-state index contributed by atoms with van der Waals surface area (Å²) in [4.78, 5) is 31.3. The standard InChI is InChI=1S/C12H16N4O3/c1-12(2,3)19-11(18)15-8-4-7-5-13-6-14-9(7)16-10(8)17/h5-6,8H,4H2,1-3H3,(H,15,18)(H,13,14,16,17)/t8-/m1/s1. The molecular formula is C12H16N4O3. The molecule has 0 saturated carbocycles. The van der Waals surface area contributed by atoms with Crippen LogP contribution in [0.1, 0.15) is 26.3 Å². The molecule has 0 aromatic carbocycles. The molecule has 19 heavy (non-hydrogen) atoms. The van der Waals surface area contributed by atoms with E-state index in [1.54, 1.807) is 27.0 Å². The molecule has 2 heterocycles. The first kappa shape index (κ1) is 13.3. The molecule has 1 aromatic heterocycles. The van der Waals surface area contributed by atoms with Crippen LogP contribution in [0.15, 0.2) is 12.5 Å². The number of carbonyl (C=O) groups excluding carboxylic acids is 2. The maximum atomic E-state index is 11.8. The summed E-state index contributed by atoms with van der Waals surface area (Å²) >= 11 is 0. The average Bonchev–Trinajstić information content (AvgIpc) is 2.27. The van der Waals surface area contributed by atoms with Crippen LogP contribution >= 0.6 is 0 Å². The molecular weight excluding hydrogens is 248 g/mol. The first-order valence-corrected chi connectivity index (χ1v) is 5.94. The van der Waals surface area contributed by atoms with Gasteiger partial charge in [-0.2, -0.15) is 0 Å². The van der Waals surface area contributed by atoms with Crippen LogP contribution in [0.5, 0.6) is 0 Å². The number of fused-ring (bicyclic) bond motifs is 1. The van der Waals surface area contributed by atoms with Gasteiger partial charge in [0.1, 0.15) is 23.8 Å². The van der Waals surface area contributed by atoms with Crippen molar-refractivity contribution < 1.29 is 14.3 Å². The van der Waals surface area contributed by atoms with Gasteiger partial charge in [-0.05, 0) is 20.8 Å². The SMILES string of the molecule is CC(C)(C)OC(=O)N[C@@H]1Cc2cncnc2NC1=O. The van der Waals surface area contributed by atoms with Gasteiger partial charge in [-0.25, -0.2) is 14.8 Å². The van der Waals surface area contributed by atoms with Crippen molar-refractivity contribution in [3.63, 3.8) is 0 Å². The number of ether oxygens (including phenoxy) is 1. The third-order valence-corrected chi connectivity index (χ3v) is 2.46. The van der Waals surface area contributed by atoms with Gasteiger partial charge >= 0.3 is 6.09 Å². The lowest BCUT2D eigenvalue weighted by Crippen LogP contribution is -2.49. The van der Waals surface area contributed by atoms with Crippen LogP contribution in [0.2, 0.25) is 0 Å². The van der Waals surface area contributed by atoms with Gasteiger partial charge in [0.2, 0.25) is 5.91 Å². The topological polar surface area (TPSA) is 93.2 Å². The summed E-state index contributed by atoms with van der Waals surface area (Å²) < 4.78 is 5.12. The second-order valence-corrected chi connectivity index (χ2v) is 5.29. The number of carbonyl (C=O) groups is 2. The van der Waals surface area contributed by atoms with E-state index in [9.17, 15) is 9.59 Å². The van der Waals surface area contributed by atoms with Crippen LogP contribution in [0, 0.1) is 0 Å². The quantitative estimate of drug-likeness (QED) is 0.784. The van der Waals surface area contributed by atoms with E-state index in [4.69, 9.17) is 4.74 Å². The number of amides is 2. The summed E-state index contributed by atoms with van der Waals surface area (Å²) in [6.07, 6.45) is 2.71. The minimum atomic E-state index is -0.673. The fourth-order valence-corrected chi connectivity index (χ4v) is 1.70. The van der Waals surface area contributed by atoms with Gasteiger partial charge in [0.25, 0.3) is 0 Å². The molecule has 1 atom stereocenters. The second kappa shape index (κ2) is 4.83. The molecule has 2 amide bonds. The predicted octanol–water partition coefficient (Wildman–Crippen LogP) is 0.865. The van der Waals surface area contributed by atoms with E-state index >= 15 is 0 Å². The van der Waals surface area contributed by atoms with Crippen LogP contribution in [-0.2, 0) is 16.0 Å². The molecule has 0 aliphatic carbocycles. The van der Waals surface area contributed by atoms with Gasteiger partial charge < -0.3 is 15.4 Å². The Morgan fingerprint density at radius 2 is 2.26 bits per heavy atom. The average molecular weight is 264 g/mol. The van der Waals surface area contributed by atoms with Crippen LogP contribution in [0.25, 0.3) is 0 Å². The third-order valence-electron chi connectivity index (χ3n) is 2.46. The second-order valence-electron chi connectivity index (χ2n) is 5.29. The van der Waals surface area contributed by atoms with E-state index in [1.807, 2.05) is 0 Å². The van der Waals surface area contributed by atoms with Crippen molar-refractivity contribution in [1.82, 2.24) is 15.3 Å². The number of anilines is 1. The summed E-state index contributed by atoms with van der Waals surface area (Å²) in [7, 11) is 0. The largest absolute Gasteiger partial charge is 0.444 e. The van der Waals surface area contributed by atoms with E-state index in [1.165, 1.54) is 6.33 Å². The highest BCUT2D eigenvalue weighted by Crippen LogP contribution is 2.18. The zero-order chi connectivity index (χ0) is 14.0. The van der Waals surface area contributed by atoms with Gasteiger partial charge in [0.15, 0.2) is 0 Å². The minimum absolute atomic E-state index is 0.308. The lowest BCUT2D eigenvalue weighted by molar-refractivity contribution is -0.118. The molecule has 102 valence electrons. The molecule has 1 aromatic rings. The maximum absolute atomic E-state index is 11.8. The van der Waals surface area contributed by atoms with E-state index in [0.717, 1.165) is 5.56 Å². The predicted molar refractivity (Wildman–Crippen MR) is 67.5 cm³/mol. The monoisotopic (exact) mass is 264 g/mol. The highest BCUT2D eigenvalue weighted by molar-refractivity contribution is 5.98. The molecule has 1 aliphatic rings. The fraction of sp³-hybridized carbons (Fsp3) is 0.500. The van der Waals surface area contributed by atoms with Crippen molar-refractivity contribution in [2.24, 2.45) is 0 Å². The Kier molecular flexibility index (Phi) is 3.37. The molecule has 7 nitrogen and oxygen atoms in total. The van der Waals surface area contributed by atoms with Gasteiger partial charge in [-0.15, -0.1) is 0 Å². The summed E-state index contributed by atoms with van der Waals surface area (Å²) in [5.74, 6) is 0.180. The molecule has 0 fully saturated rings. The van der Waals surface area contributed by atoms with Crippen LogP contribution in [-0.4, -0.2) is 33.6 Å². The smallest absolute Gasteiger partial charge is 0.408 e. The molecule has 2 rings (SSSR count). The number of alkyl carbamates (subject to hydrolysis) is 1. The highest BCUT2D eigenvalue weighted by Gasteiger charge is 2.29. The number of nitrogens with one attached hydrogen (secondary N) is 2. The van der Waals surface area contributed by atoms with Crippen molar-refractivity contribution in [2.75, 3.05) is 5.32 Å². The Balaban J connectivity index is 2.03. The normalized spacial score (nSPS) is 18.3. The first-order valence-electron chi connectivity index (χ1n) is 5.94. The lowest BCUT2D eigenvalue weighted by Gasteiger charge is -2.26. The Labute approximate surface area is 110 Å². The van der Waals surface area contributed by atoms with Crippen molar-refractivity contribution in [2.45, 2.75) is 38.8 Å². The lowest BCUT2D eigenvalue weighted by atomic mass is 10.0. The number of hydrogen-bond acceptors (Lipinski definition) is 5. The first-order chi connectivity index (χ1) is 8.85. The summed E-state index contributed by atoms with van der Waals surface area (Å²) in [6.45, 7) is 5.28. The van der Waals surface area contributed by atoms with Gasteiger partial charge in [-0.3, -0.25) is 4.79 Å². The number of hydrogen-bond donors (Lipinski definition) is 2. The Bertz CT molecular complexity index is 510. The molecule has 0 spiro atoms. The van der Waals surface area contributed by atoms with Crippen LogP contribution < -0.4 is 10.6 Å². The molecule has 2 N–H and O–H groups in total. The molecule has 7 heteroatoms. The molecule has 0 unspecified atom stereocenters. The Morgan fingerprint density at radius 3 is 2.95 bits per heavy atom. The van der Waals surface area contributed by atoms with Crippen LogP contribution in [0.4, 0.5) is 10.6 Å². The zero-order valence-corrected chi connectivity index (χ0v) is 11.1. The van der Waals surface area contributed by atoms with E-state index in [2.05, 4.69) is 20.6 Å². The van der Waals surface area contributed by atoms with Crippen molar-refractivity contribution in [3.8, 4) is 0 Å². The highest BCUT2D eigenvalue weighted by atomic mass is 16.6. The van der Waals surface area contributed by atoms with Crippen molar-refractivity contribution in [3.05, 3.63) is 18.1 Å². The zero-order valence-electron chi connectivity index (χ0n) is 11.1. The maximum Gasteiger partial charge on any atom is 0.408 e. The fourth-order valence-electron chi connectivity index (χ4n) is 1.70. The van der Waals surface area contributed by atoms with E-state index in [-0.39, 0.29) is 5.91 Å². The summed E-state index contributed by atoms with van der Waals surface area (Å²) in [6, 6.07) is -0.673. The third kappa shape index (κ3) is 3.40. The molecule has 0 bridgehead atoms. The van der Waals surface area contributed by atoms with E-state index in [0.29, 0.717) is 12.2 Å². The molecule has 0 radical (unpaired) electrons. The van der Waals surface area contributed by atoms with Crippen molar-refractivity contribution in [1.29, 1.82) is 0 Å². The molecule has 0 saturated heterocycles. The van der Waals surface area contributed by atoms with Gasteiger partial charge in [-0.1, -0.05) is 0 Å². The summed E-state index contributed by atoms with van der Waals surface area (Å²) in [5, 5.41) is 5.16. The van der Waals surface area contributed by atoms with Gasteiger partial charge in [0, 0.05) is 18.2 Å².